The van der Waals surface area contributed by atoms with Crippen molar-refractivity contribution in [1.82, 2.24) is 0 Å². The van der Waals surface area contributed by atoms with E-state index in [2.05, 4.69) is 5.32 Å². The number of halogens is 3. The number of para-hydroxylation sites is 2. The number of rotatable bonds is 3. The maximum atomic E-state index is 14.0. The number of alkyl halides is 3. The lowest BCUT2D eigenvalue weighted by Crippen LogP contribution is -2.45. The Morgan fingerprint density at radius 2 is 1.76 bits per heavy atom. The van der Waals surface area contributed by atoms with Crippen LogP contribution in [0.2, 0.25) is 0 Å². The Labute approximate surface area is 214 Å². The van der Waals surface area contributed by atoms with Crippen LogP contribution in [-0.4, -0.2) is 22.8 Å². The third-order valence-corrected chi connectivity index (χ3v) is 6.62. The fourth-order valence-corrected chi connectivity index (χ4v) is 5.02. The molecule has 8 nitrogen and oxygen atoms in total. The normalized spacial score (nSPS) is 18.8. The summed E-state index contributed by atoms with van der Waals surface area (Å²) in [4.78, 5) is 37.4. The van der Waals surface area contributed by atoms with E-state index in [0.717, 1.165) is 0 Å². The molecule has 0 saturated heterocycles. The minimum absolute atomic E-state index is 0.0303. The van der Waals surface area contributed by atoms with Gasteiger partial charge in [-0.2, -0.15) is 13.2 Å². The van der Waals surface area contributed by atoms with Gasteiger partial charge >= 0.3 is 12.1 Å². The van der Waals surface area contributed by atoms with Gasteiger partial charge in [-0.05, 0) is 48.2 Å². The summed E-state index contributed by atoms with van der Waals surface area (Å²) < 4.78 is 47.9. The number of allylic oxidation sites excluding steroid dienone is 1. The topological polar surface area (TPSA) is 106 Å². The second-order valence-electron chi connectivity index (χ2n) is 10.1. The van der Waals surface area contributed by atoms with Crippen molar-refractivity contribution in [2.75, 3.05) is 10.2 Å². The van der Waals surface area contributed by atoms with Crippen molar-refractivity contribution >= 4 is 28.8 Å². The van der Waals surface area contributed by atoms with Crippen LogP contribution in [0.3, 0.4) is 0 Å². The first-order valence-electron chi connectivity index (χ1n) is 11.7. The number of nitrogens with one attached hydrogen (secondary N) is 1. The van der Waals surface area contributed by atoms with Crippen molar-refractivity contribution in [1.29, 1.82) is 0 Å². The van der Waals surface area contributed by atoms with Gasteiger partial charge in [0.05, 0.1) is 16.3 Å². The molecular formula is C27H22F3N3O5. The summed E-state index contributed by atoms with van der Waals surface area (Å²) in [5.41, 5.74) is 0.504. The molecule has 1 amide bonds. The molecule has 2 aromatic carbocycles. The van der Waals surface area contributed by atoms with Gasteiger partial charge in [0.1, 0.15) is 17.6 Å². The smallest absolute Gasteiger partial charge is 0.459 e. The van der Waals surface area contributed by atoms with E-state index in [0.29, 0.717) is 22.6 Å². The fourth-order valence-electron chi connectivity index (χ4n) is 5.02. The van der Waals surface area contributed by atoms with E-state index in [9.17, 15) is 32.9 Å². The number of hydrogen-bond donors (Lipinski definition) is 1. The Morgan fingerprint density at radius 3 is 2.42 bits per heavy atom. The van der Waals surface area contributed by atoms with Crippen molar-refractivity contribution in [2.45, 2.75) is 38.9 Å². The van der Waals surface area contributed by atoms with Gasteiger partial charge in [0.15, 0.2) is 5.78 Å². The first-order valence-corrected chi connectivity index (χ1v) is 11.7. The predicted molar refractivity (Wildman–Crippen MR) is 132 cm³/mol. The Bertz CT molecular complexity index is 1490. The van der Waals surface area contributed by atoms with E-state index in [1.807, 2.05) is 13.8 Å². The van der Waals surface area contributed by atoms with Crippen molar-refractivity contribution in [3.8, 4) is 11.3 Å². The molecule has 1 atom stereocenters. The zero-order valence-corrected chi connectivity index (χ0v) is 20.3. The molecule has 0 bridgehead atoms. The Morgan fingerprint density at radius 1 is 1.08 bits per heavy atom. The third kappa shape index (κ3) is 4.44. The van der Waals surface area contributed by atoms with Crippen LogP contribution in [0.4, 0.5) is 30.2 Å². The number of furan rings is 1. The molecule has 0 saturated carbocycles. The number of carbonyl (C=O) groups excluding carboxylic acids is 2. The lowest BCUT2D eigenvalue weighted by atomic mass is 9.74. The van der Waals surface area contributed by atoms with Gasteiger partial charge in [0, 0.05) is 35.4 Å². The number of amides is 1. The highest BCUT2D eigenvalue weighted by atomic mass is 19.4. The summed E-state index contributed by atoms with van der Waals surface area (Å²) in [7, 11) is 0. The monoisotopic (exact) mass is 525 g/mol. The molecule has 0 fully saturated rings. The first-order chi connectivity index (χ1) is 17.9. The largest absolute Gasteiger partial charge is 0.471 e. The van der Waals surface area contributed by atoms with E-state index in [1.54, 1.807) is 12.1 Å². The van der Waals surface area contributed by atoms with Crippen LogP contribution < -0.4 is 10.2 Å². The molecule has 1 aliphatic heterocycles. The van der Waals surface area contributed by atoms with Gasteiger partial charge in [-0.1, -0.05) is 26.0 Å². The van der Waals surface area contributed by atoms with E-state index in [4.69, 9.17) is 4.42 Å². The molecule has 0 unspecified atom stereocenters. The van der Waals surface area contributed by atoms with Crippen molar-refractivity contribution < 1.29 is 32.1 Å². The number of nitrogens with zero attached hydrogens (tertiary/aromatic N) is 2. The standard InChI is InChI=1S/C27H22F3N3O5/c1-26(2)13-18-23(20(34)14-26)24(22-12-11-21(38-22)15-7-9-16(10-8-15)33(36)37)32(25(35)27(28,29)30)19-6-4-3-5-17(19)31-18/h3-12,24,31H,13-14H2,1-2H3/t24-/m1/s1. The van der Waals surface area contributed by atoms with E-state index >= 15 is 0 Å². The van der Waals surface area contributed by atoms with Gasteiger partial charge in [0.2, 0.25) is 0 Å². The van der Waals surface area contributed by atoms with Gasteiger partial charge in [-0.3, -0.25) is 24.6 Å². The average Bonchev–Trinajstić information content (AvgIpc) is 3.27. The van der Waals surface area contributed by atoms with Gasteiger partial charge in [0.25, 0.3) is 5.69 Å². The number of fused-ring (bicyclic) bond motifs is 1. The van der Waals surface area contributed by atoms with E-state index < -0.39 is 34.2 Å². The summed E-state index contributed by atoms with van der Waals surface area (Å²) in [6.45, 7) is 3.78. The number of hydrogen-bond acceptors (Lipinski definition) is 6. The second-order valence-corrected chi connectivity index (χ2v) is 10.1. The molecule has 5 rings (SSSR count). The highest BCUT2D eigenvalue weighted by molar-refractivity contribution is 6.07. The highest BCUT2D eigenvalue weighted by Gasteiger charge is 2.51. The van der Waals surface area contributed by atoms with Crippen LogP contribution in [0.1, 0.15) is 38.5 Å². The van der Waals surface area contributed by atoms with Gasteiger partial charge in [-0.25, -0.2) is 0 Å². The number of benzene rings is 2. The minimum Gasteiger partial charge on any atom is -0.459 e. The molecule has 38 heavy (non-hydrogen) atoms. The van der Waals surface area contributed by atoms with Crippen molar-refractivity contribution in [2.24, 2.45) is 5.41 Å². The number of carbonyl (C=O) groups is 2. The third-order valence-electron chi connectivity index (χ3n) is 6.62. The van der Waals surface area contributed by atoms with Crippen molar-refractivity contribution in [3.63, 3.8) is 0 Å². The molecule has 2 heterocycles. The van der Waals surface area contributed by atoms with Crippen LogP contribution in [-0.2, 0) is 9.59 Å². The number of ketones is 1. The Hall–Kier alpha value is -4.41. The number of nitro benzene ring substituents is 1. The molecule has 2 aliphatic rings. The van der Waals surface area contributed by atoms with Crippen LogP contribution in [0.25, 0.3) is 11.3 Å². The summed E-state index contributed by atoms with van der Waals surface area (Å²) in [6, 6.07) is 12.9. The summed E-state index contributed by atoms with van der Waals surface area (Å²) >= 11 is 0. The second kappa shape index (κ2) is 8.86. The van der Waals surface area contributed by atoms with Crippen molar-refractivity contribution in [3.05, 3.63) is 87.8 Å². The van der Waals surface area contributed by atoms with Crippen LogP contribution in [0.15, 0.2) is 76.4 Å². The zero-order valence-electron chi connectivity index (χ0n) is 20.3. The first kappa shape index (κ1) is 25.2. The quantitative estimate of drug-likeness (QED) is 0.307. The molecule has 1 aromatic heterocycles. The maximum Gasteiger partial charge on any atom is 0.471 e. The van der Waals surface area contributed by atoms with E-state index in [1.165, 1.54) is 48.5 Å². The minimum atomic E-state index is -5.23. The van der Waals surface area contributed by atoms with Crippen LogP contribution >= 0.6 is 0 Å². The SMILES string of the molecule is CC1(C)CC(=O)C2=C(C1)Nc1ccccc1N(C(=O)C(F)(F)F)[C@@H]2c1ccc(-c2ccc([N+](=O)[O-])cc2)o1. The fraction of sp³-hybridized carbons (Fsp3) is 0.259. The number of anilines is 2. The molecule has 1 N–H and O–H groups in total. The Balaban J connectivity index is 1.71. The molecule has 196 valence electrons. The average molecular weight is 525 g/mol. The molecule has 3 aromatic rings. The summed E-state index contributed by atoms with van der Waals surface area (Å²) in [5, 5.41) is 14.1. The number of non-ortho nitro benzene ring substituents is 1. The molecular weight excluding hydrogens is 503 g/mol. The lowest BCUT2D eigenvalue weighted by molar-refractivity contribution is -0.384. The number of Topliss-reactive ketones (excluding diaryl/α,β-unsaturated/α-hetero) is 1. The Kier molecular flexibility index (Phi) is 5.89. The highest BCUT2D eigenvalue weighted by Crippen LogP contribution is 2.49. The molecule has 11 heteroatoms. The van der Waals surface area contributed by atoms with Crippen LogP contribution in [0, 0.1) is 15.5 Å². The molecule has 1 aliphatic carbocycles. The van der Waals surface area contributed by atoms with E-state index in [-0.39, 0.29) is 40.6 Å². The van der Waals surface area contributed by atoms with Gasteiger partial charge in [-0.15, -0.1) is 0 Å². The predicted octanol–water partition coefficient (Wildman–Crippen LogP) is 6.56. The van der Waals surface area contributed by atoms with Gasteiger partial charge < -0.3 is 9.73 Å². The summed E-state index contributed by atoms with van der Waals surface area (Å²) in [6.07, 6.45) is -4.80. The lowest BCUT2D eigenvalue weighted by Gasteiger charge is -2.36. The molecule has 0 spiro atoms. The summed E-state index contributed by atoms with van der Waals surface area (Å²) in [5.74, 6) is -2.37. The molecule has 0 radical (unpaired) electrons. The zero-order chi connectivity index (χ0) is 27.4. The maximum absolute atomic E-state index is 14.0. The van der Waals surface area contributed by atoms with Crippen LogP contribution in [0.5, 0.6) is 0 Å². The number of nitro groups is 1.